The standard InChI is InChI=1S/C14H21/c1-12(13-8-4-2-5-9-13)14-10-6-3-7-11-14/h8,10H,2-7,9,11H2,1H3. The van der Waals surface area contributed by atoms with E-state index in [2.05, 4.69) is 19.1 Å². The van der Waals surface area contributed by atoms with Gasteiger partial charge in [-0.3, -0.25) is 0 Å². The highest BCUT2D eigenvalue weighted by Gasteiger charge is 2.17. The van der Waals surface area contributed by atoms with Gasteiger partial charge in [0, 0.05) is 5.92 Å². The maximum atomic E-state index is 2.47. The molecule has 77 valence electrons. The lowest BCUT2D eigenvalue weighted by Crippen LogP contribution is -2.06. The van der Waals surface area contributed by atoms with Gasteiger partial charge in [0.2, 0.25) is 0 Å². The average Bonchev–Trinajstić information content (AvgIpc) is 2.30. The van der Waals surface area contributed by atoms with Gasteiger partial charge in [-0.25, -0.2) is 0 Å². The molecule has 0 saturated heterocycles. The van der Waals surface area contributed by atoms with Crippen molar-refractivity contribution in [2.75, 3.05) is 0 Å². The van der Waals surface area contributed by atoms with E-state index in [1.165, 1.54) is 51.4 Å². The van der Waals surface area contributed by atoms with Crippen LogP contribution in [-0.4, -0.2) is 0 Å². The summed E-state index contributed by atoms with van der Waals surface area (Å²) >= 11 is 0. The van der Waals surface area contributed by atoms with E-state index in [0.29, 0.717) is 0 Å². The Balaban J connectivity index is 2.02. The van der Waals surface area contributed by atoms with Crippen molar-refractivity contribution < 1.29 is 0 Å². The summed E-state index contributed by atoms with van der Waals surface area (Å²) < 4.78 is 0. The van der Waals surface area contributed by atoms with Crippen LogP contribution < -0.4 is 0 Å². The number of allylic oxidation sites excluding steroid dienone is 4. The summed E-state index contributed by atoms with van der Waals surface area (Å²) in [6, 6.07) is 0. The first kappa shape index (κ1) is 10.0. The lowest BCUT2D eigenvalue weighted by molar-refractivity contribution is 0.666. The van der Waals surface area contributed by atoms with Gasteiger partial charge in [-0.2, -0.15) is 0 Å². The maximum absolute atomic E-state index is 2.47. The van der Waals surface area contributed by atoms with Gasteiger partial charge >= 0.3 is 0 Å². The number of hydrogen-bond donors (Lipinski definition) is 0. The fourth-order valence-corrected chi connectivity index (χ4v) is 2.56. The van der Waals surface area contributed by atoms with Crippen LogP contribution in [0.2, 0.25) is 0 Å². The molecule has 0 aromatic rings. The van der Waals surface area contributed by atoms with Gasteiger partial charge in [0.15, 0.2) is 0 Å². The van der Waals surface area contributed by atoms with Crippen LogP contribution in [0.3, 0.4) is 0 Å². The minimum Gasteiger partial charge on any atom is -0.0844 e. The molecule has 2 aliphatic rings. The monoisotopic (exact) mass is 189 g/mol. The van der Waals surface area contributed by atoms with Crippen molar-refractivity contribution in [1.82, 2.24) is 0 Å². The van der Waals surface area contributed by atoms with Crippen LogP contribution in [0.15, 0.2) is 23.3 Å². The van der Waals surface area contributed by atoms with Crippen molar-refractivity contribution in [2.24, 2.45) is 0 Å². The fraction of sp³-hybridized carbons (Fsp3) is 0.643. The smallest absolute Gasteiger partial charge is 0.0220 e. The Morgan fingerprint density at radius 1 is 0.857 bits per heavy atom. The Hall–Kier alpha value is -0.520. The third-order valence-electron chi connectivity index (χ3n) is 3.55. The second-order valence-electron chi connectivity index (χ2n) is 4.58. The SMILES string of the molecule is C[C](C1=CCCCC1)C1=CCCCC1. The molecule has 0 bridgehead atoms. The summed E-state index contributed by atoms with van der Waals surface area (Å²) in [5, 5.41) is 0. The molecule has 0 saturated carbocycles. The van der Waals surface area contributed by atoms with E-state index in [1.807, 2.05) is 0 Å². The lowest BCUT2D eigenvalue weighted by Gasteiger charge is -2.24. The van der Waals surface area contributed by atoms with Crippen LogP contribution >= 0.6 is 0 Å². The third-order valence-corrected chi connectivity index (χ3v) is 3.55. The zero-order chi connectivity index (χ0) is 9.80. The van der Waals surface area contributed by atoms with Gasteiger partial charge in [0.1, 0.15) is 0 Å². The van der Waals surface area contributed by atoms with E-state index >= 15 is 0 Å². The number of hydrogen-bond acceptors (Lipinski definition) is 0. The van der Waals surface area contributed by atoms with Crippen LogP contribution in [0.25, 0.3) is 0 Å². The minimum absolute atomic E-state index is 1.31. The molecular formula is C14H21. The Kier molecular flexibility index (Phi) is 3.44. The molecule has 0 aromatic heterocycles. The predicted octanol–water partition coefficient (Wildman–Crippen LogP) is 4.58. The predicted molar refractivity (Wildman–Crippen MR) is 62.0 cm³/mol. The first-order valence-corrected chi connectivity index (χ1v) is 6.10. The summed E-state index contributed by atoms with van der Waals surface area (Å²) in [6.45, 7) is 2.33. The normalized spacial score (nSPS) is 23.3. The Labute approximate surface area is 88.1 Å². The summed E-state index contributed by atoms with van der Waals surface area (Å²) in [5.74, 6) is 1.60. The van der Waals surface area contributed by atoms with Crippen molar-refractivity contribution in [2.45, 2.75) is 58.3 Å². The van der Waals surface area contributed by atoms with Gasteiger partial charge in [0.25, 0.3) is 0 Å². The zero-order valence-electron chi connectivity index (χ0n) is 9.31. The van der Waals surface area contributed by atoms with Crippen LogP contribution in [0.4, 0.5) is 0 Å². The lowest BCUT2D eigenvalue weighted by atomic mass is 9.81. The molecule has 2 aliphatic carbocycles. The summed E-state index contributed by atoms with van der Waals surface area (Å²) in [7, 11) is 0. The Bertz CT molecular complexity index is 219. The highest BCUT2D eigenvalue weighted by molar-refractivity contribution is 5.39. The van der Waals surface area contributed by atoms with E-state index in [-0.39, 0.29) is 0 Å². The molecule has 0 atom stereocenters. The molecular weight excluding hydrogens is 168 g/mol. The molecule has 0 heteroatoms. The molecule has 0 amide bonds. The van der Waals surface area contributed by atoms with E-state index in [1.54, 1.807) is 17.1 Å². The molecule has 0 nitrogen and oxygen atoms in total. The molecule has 0 fully saturated rings. The zero-order valence-corrected chi connectivity index (χ0v) is 9.31. The average molecular weight is 189 g/mol. The molecule has 0 unspecified atom stereocenters. The van der Waals surface area contributed by atoms with Gasteiger partial charge in [0.05, 0.1) is 0 Å². The molecule has 0 spiro atoms. The molecule has 1 radical (unpaired) electrons. The summed E-state index contributed by atoms with van der Waals surface area (Å²) in [5.41, 5.74) is 3.29. The topological polar surface area (TPSA) is 0 Å². The van der Waals surface area contributed by atoms with Gasteiger partial charge < -0.3 is 0 Å². The van der Waals surface area contributed by atoms with Crippen molar-refractivity contribution in [3.63, 3.8) is 0 Å². The molecule has 0 heterocycles. The van der Waals surface area contributed by atoms with E-state index in [0.717, 1.165) is 0 Å². The molecule has 0 aliphatic heterocycles. The fourth-order valence-electron chi connectivity index (χ4n) is 2.56. The highest BCUT2D eigenvalue weighted by atomic mass is 14.2. The molecule has 0 N–H and O–H groups in total. The van der Waals surface area contributed by atoms with Crippen molar-refractivity contribution in [1.29, 1.82) is 0 Å². The largest absolute Gasteiger partial charge is 0.0844 e. The summed E-state index contributed by atoms with van der Waals surface area (Å²) in [6.07, 6.45) is 15.8. The number of rotatable bonds is 2. The molecule has 0 aromatic carbocycles. The van der Waals surface area contributed by atoms with Crippen LogP contribution in [0.5, 0.6) is 0 Å². The van der Waals surface area contributed by atoms with E-state index < -0.39 is 0 Å². The van der Waals surface area contributed by atoms with E-state index in [9.17, 15) is 0 Å². The second kappa shape index (κ2) is 4.82. The third kappa shape index (κ3) is 2.29. The van der Waals surface area contributed by atoms with Gasteiger partial charge in [-0.15, -0.1) is 0 Å². The van der Waals surface area contributed by atoms with Gasteiger partial charge in [-0.05, 0) is 51.4 Å². The van der Waals surface area contributed by atoms with Crippen LogP contribution in [0, 0.1) is 5.92 Å². The summed E-state index contributed by atoms with van der Waals surface area (Å²) in [4.78, 5) is 0. The molecule has 2 rings (SSSR count). The minimum atomic E-state index is 1.31. The second-order valence-corrected chi connectivity index (χ2v) is 4.58. The first-order chi connectivity index (χ1) is 6.88. The van der Waals surface area contributed by atoms with Crippen molar-refractivity contribution in [3.8, 4) is 0 Å². The van der Waals surface area contributed by atoms with E-state index in [4.69, 9.17) is 0 Å². The Morgan fingerprint density at radius 2 is 1.36 bits per heavy atom. The van der Waals surface area contributed by atoms with Crippen molar-refractivity contribution >= 4 is 0 Å². The van der Waals surface area contributed by atoms with Crippen molar-refractivity contribution in [3.05, 3.63) is 29.2 Å². The van der Waals surface area contributed by atoms with Crippen LogP contribution in [0.1, 0.15) is 58.3 Å². The highest BCUT2D eigenvalue weighted by Crippen LogP contribution is 2.34. The van der Waals surface area contributed by atoms with Crippen LogP contribution in [-0.2, 0) is 0 Å². The van der Waals surface area contributed by atoms with Gasteiger partial charge in [-0.1, -0.05) is 30.2 Å². The Morgan fingerprint density at radius 3 is 1.71 bits per heavy atom. The molecule has 14 heavy (non-hydrogen) atoms. The maximum Gasteiger partial charge on any atom is 0.0220 e. The quantitative estimate of drug-likeness (QED) is 0.596. The first-order valence-electron chi connectivity index (χ1n) is 6.10.